The molecule has 0 bridgehead atoms. The highest BCUT2D eigenvalue weighted by atomic mass is 35.5. The van der Waals surface area contributed by atoms with Crippen molar-refractivity contribution in [1.29, 1.82) is 0 Å². The van der Waals surface area contributed by atoms with E-state index in [4.69, 9.17) is 16.0 Å². The topological polar surface area (TPSA) is 81.4 Å². The van der Waals surface area contributed by atoms with Crippen molar-refractivity contribution in [3.05, 3.63) is 75.8 Å². The van der Waals surface area contributed by atoms with E-state index in [2.05, 4.69) is 0 Å². The quantitative estimate of drug-likeness (QED) is 0.634. The summed E-state index contributed by atoms with van der Waals surface area (Å²) in [5, 5.41) is 0.515. The van der Waals surface area contributed by atoms with E-state index in [1.165, 1.54) is 18.2 Å². The van der Waals surface area contributed by atoms with Gasteiger partial charge in [-0.15, -0.1) is 0 Å². The summed E-state index contributed by atoms with van der Waals surface area (Å²) in [7, 11) is -3.34. The maximum Gasteiger partial charge on any atom is 0.344 e. The summed E-state index contributed by atoms with van der Waals surface area (Å²) in [5.41, 5.74) is 1.21. The number of rotatable bonds is 4. The lowest BCUT2D eigenvalue weighted by atomic mass is 9.96. The minimum absolute atomic E-state index is 0.116. The Bertz CT molecular complexity index is 1130. The molecule has 0 aliphatic rings. The smallest absolute Gasteiger partial charge is 0.344 e. The summed E-state index contributed by atoms with van der Waals surface area (Å²) >= 11 is 5.90. The molecule has 0 spiro atoms. The molecule has 0 unspecified atom stereocenters. The lowest BCUT2D eigenvalue weighted by Gasteiger charge is -2.10. The number of carbonyl (C=O) groups is 1. The third-order valence-corrected chi connectivity index (χ3v) is 5.19. The molecule has 7 heteroatoms. The van der Waals surface area contributed by atoms with Crippen LogP contribution in [0.25, 0.3) is 22.3 Å². The molecule has 1 heterocycles. The number of hydrogen-bond donors (Lipinski definition) is 0. The second kappa shape index (κ2) is 6.90. The lowest BCUT2D eigenvalue weighted by molar-refractivity contribution is 0.109. The fourth-order valence-corrected chi connectivity index (χ4v) is 3.33. The average Bonchev–Trinajstić information content (AvgIpc) is 2.61. The van der Waals surface area contributed by atoms with Gasteiger partial charge in [-0.1, -0.05) is 35.9 Å². The predicted molar refractivity (Wildman–Crippen MR) is 99.4 cm³/mol. The van der Waals surface area contributed by atoms with Crippen molar-refractivity contribution in [3.8, 4) is 22.3 Å². The van der Waals surface area contributed by atoms with Crippen LogP contribution in [0.2, 0.25) is 5.02 Å². The van der Waals surface area contributed by atoms with Crippen LogP contribution in [0.5, 0.6) is 0 Å². The Morgan fingerprint density at radius 2 is 1.54 bits per heavy atom. The van der Waals surface area contributed by atoms with Gasteiger partial charge in [0.05, 0.1) is 10.5 Å². The largest absolute Gasteiger partial charge is 0.419 e. The molecule has 3 aromatic rings. The highest BCUT2D eigenvalue weighted by molar-refractivity contribution is 7.90. The molecule has 0 saturated carbocycles. The maximum atomic E-state index is 12.5. The zero-order valence-corrected chi connectivity index (χ0v) is 15.2. The SMILES string of the molecule is CS(=O)(=O)c1ccc(-c2cc(C=O)oc(=O)c2-c2ccc(Cl)cc2)cc1. The van der Waals surface area contributed by atoms with Gasteiger partial charge < -0.3 is 4.42 Å². The minimum Gasteiger partial charge on any atom is -0.419 e. The second-order valence-electron chi connectivity index (χ2n) is 5.65. The van der Waals surface area contributed by atoms with Gasteiger partial charge in [-0.25, -0.2) is 13.2 Å². The van der Waals surface area contributed by atoms with Gasteiger partial charge in [0.25, 0.3) is 0 Å². The van der Waals surface area contributed by atoms with Crippen LogP contribution in [0.1, 0.15) is 10.6 Å². The highest BCUT2D eigenvalue weighted by Crippen LogP contribution is 2.31. The maximum absolute atomic E-state index is 12.5. The summed E-state index contributed by atoms with van der Waals surface area (Å²) in [6, 6.07) is 14.1. The molecule has 0 atom stereocenters. The first kappa shape index (κ1) is 18.1. The molecule has 3 rings (SSSR count). The highest BCUT2D eigenvalue weighted by Gasteiger charge is 2.16. The van der Waals surface area contributed by atoms with Crippen molar-refractivity contribution >= 4 is 27.7 Å². The second-order valence-corrected chi connectivity index (χ2v) is 8.10. The van der Waals surface area contributed by atoms with E-state index in [9.17, 15) is 18.0 Å². The van der Waals surface area contributed by atoms with Gasteiger partial charge in [-0.3, -0.25) is 4.79 Å². The summed E-state index contributed by atoms with van der Waals surface area (Å²) < 4.78 is 28.3. The number of benzene rings is 2. The Morgan fingerprint density at radius 1 is 0.962 bits per heavy atom. The van der Waals surface area contributed by atoms with Gasteiger partial charge in [0, 0.05) is 16.8 Å². The van der Waals surface area contributed by atoms with E-state index in [0.29, 0.717) is 28.0 Å². The predicted octanol–water partition coefficient (Wildman–Crippen LogP) is 3.84. The average molecular weight is 389 g/mol. The first-order valence-corrected chi connectivity index (χ1v) is 9.76. The molecule has 0 saturated heterocycles. The van der Waals surface area contributed by atoms with E-state index in [1.807, 2.05) is 0 Å². The van der Waals surface area contributed by atoms with Gasteiger partial charge in [-0.05, 0) is 41.5 Å². The molecule has 0 fully saturated rings. The minimum atomic E-state index is -3.34. The van der Waals surface area contributed by atoms with Gasteiger partial charge in [0.2, 0.25) is 0 Å². The Morgan fingerprint density at radius 3 is 2.08 bits per heavy atom. The fourth-order valence-electron chi connectivity index (χ4n) is 2.57. The van der Waals surface area contributed by atoms with Crippen LogP contribution in [-0.4, -0.2) is 21.0 Å². The monoisotopic (exact) mass is 388 g/mol. The molecule has 0 aliphatic heterocycles. The van der Waals surface area contributed by atoms with Gasteiger partial charge in [-0.2, -0.15) is 0 Å². The number of hydrogen-bond acceptors (Lipinski definition) is 5. The van der Waals surface area contributed by atoms with Crippen molar-refractivity contribution in [2.75, 3.05) is 6.26 Å². The first-order valence-electron chi connectivity index (χ1n) is 7.49. The van der Waals surface area contributed by atoms with Crippen LogP contribution in [0.4, 0.5) is 0 Å². The zero-order valence-electron chi connectivity index (χ0n) is 13.6. The van der Waals surface area contributed by atoms with E-state index in [1.54, 1.807) is 36.4 Å². The normalized spacial score (nSPS) is 11.3. The van der Waals surface area contributed by atoms with Crippen molar-refractivity contribution in [1.82, 2.24) is 0 Å². The van der Waals surface area contributed by atoms with E-state index in [-0.39, 0.29) is 16.2 Å². The molecule has 2 aromatic carbocycles. The molecule has 0 radical (unpaired) electrons. The molecule has 0 N–H and O–H groups in total. The van der Waals surface area contributed by atoms with Crippen molar-refractivity contribution in [3.63, 3.8) is 0 Å². The lowest BCUT2D eigenvalue weighted by Crippen LogP contribution is -2.07. The molecular weight excluding hydrogens is 376 g/mol. The Labute approximate surface area is 154 Å². The Hall–Kier alpha value is -2.70. The number of carbonyl (C=O) groups excluding carboxylic acids is 1. The van der Waals surface area contributed by atoms with Crippen LogP contribution in [0, 0.1) is 0 Å². The summed E-state index contributed by atoms with van der Waals surface area (Å²) in [6.07, 6.45) is 1.56. The fraction of sp³-hybridized carbons (Fsp3) is 0.0526. The zero-order chi connectivity index (χ0) is 18.9. The summed E-state index contributed by atoms with van der Waals surface area (Å²) in [5.74, 6) is -0.116. The van der Waals surface area contributed by atoms with Gasteiger partial charge in [0.15, 0.2) is 21.9 Å². The van der Waals surface area contributed by atoms with Gasteiger partial charge in [0.1, 0.15) is 0 Å². The van der Waals surface area contributed by atoms with Gasteiger partial charge >= 0.3 is 5.63 Å². The van der Waals surface area contributed by atoms with Crippen LogP contribution in [0.3, 0.4) is 0 Å². The summed E-state index contributed by atoms with van der Waals surface area (Å²) in [6.45, 7) is 0. The van der Waals surface area contributed by atoms with Crippen molar-refractivity contribution in [2.45, 2.75) is 4.90 Å². The Balaban J connectivity index is 2.25. The third-order valence-electron chi connectivity index (χ3n) is 3.81. The van der Waals surface area contributed by atoms with E-state index in [0.717, 1.165) is 6.26 Å². The number of aldehydes is 1. The Kier molecular flexibility index (Phi) is 4.80. The third kappa shape index (κ3) is 3.61. The molecule has 1 aromatic heterocycles. The molecule has 0 amide bonds. The summed E-state index contributed by atoms with van der Waals surface area (Å²) in [4.78, 5) is 23.7. The number of halogens is 1. The van der Waals surface area contributed by atoms with Crippen LogP contribution >= 0.6 is 11.6 Å². The van der Waals surface area contributed by atoms with Crippen LogP contribution in [-0.2, 0) is 9.84 Å². The van der Waals surface area contributed by atoms with Crippen LogP contribution in [0.15, 0.2) is 68.7 Å². The van der Waals surface area contributed by atoms with E-state index >= 15 is 0 Å². The molecular formula is C19H13ClO5S. The first-order chi connectivity index (χ1) is 12.3. The molecule has 26 heavy (non-hydrogen) atoms. The van der Waals surface area contributed by atoms with E-state index < -0.39 is 15.5 Å². The molecule has 5 nitrogen and oxygen atoms in total. The number of sulfone groups is 1. The molecule has 132 valence electrons. The van der Waals surface area contributed by atoms with Crippen molar-refractivity contribution < 1.29 is 17.6 Å². The standard InChI is InChI=1S/C19H13ClO5S/c1-26(23,24)16-8-4-12(5-9-16)17-10-15(11-21)25-19(22)18(17)13-2-6-14(20)7-3-13/h2-11H,1H3. The van der Waals surface area contributed by atoms with Crippen LogP contribution < -0.4 is 5.63 Å². The molecule has 0 aliphatic carbocycles. The van der Waals surface area contributed by atoms with Crippen molar-refractivity contribution in [2.24, 2.45) is 0 Å².